The van der Waals surface area contributed by atoms with E-state index in [1.807, 2.05) is 36.7 Å². The van der Waals surface area contributed by atoms with Crippen molar-refractivity contribution in [2.45, 2.75) is 13.3 Å². The van der Waals surface area contributed by atoms with E-state index in [9.17, 15) is 9.59 Å². The third-order valence-corrected chi connectivity index (χ3v) is 4.51. The van der Waals surface area contributed by atoms with Crippen molar-refractivity contribution >= 4 is 22.7 Å². The number of nitrogens with one attached hydrogen (secondary N) is 1. The number of likely N-dealkylation sites (tertiary alicyclic amines) is 1. The number of carbonyl (C=O) groups is 2. The molecule has 2 amide bonds. The van der Waals surface area contributed by atoms with Gasteiger partial charge in [0.2, 0.25) is 5.91 Å². The Hall–Kier alpha value is -2.30. The van der Waals surface area contributed by atoms with E-state index in [4.69, 9.17) is 0 Å². The lowest BCUT2D eigenvalue weighted by Gasteiger charge is -2.16. The molecule has 0 bridgehead atoms. The molecule has 0 unspecified atom stereocenters. The smallest absolute Gasteiger partial charge is 0.270 e. The highest BCUT2D eigenvalue weighted by Gasteiger charge is 2.32. The number of nitrogens with zero attached hydrogens (tertiary/aromatic N) is 2. The Kier molecular flexibility index (Phi) is 3.64. The summed E-state index contributed by atoms with van der Waals surface area (Å²) in [6.07, 6.45) is 0.731. The summed E-state index contributed by atoms with van der Waals surface area (Å²) < 4.78 is 1.93. The third-order valence-electron chi connectivity index (χ3n) is 4.51. The van der Waals surface area contributed by atoms with Gasteiger partial charge in [0, 0.05) is 38.1 Å². The van der Waals surface area contributed by atoms with Crippen LogP contribution >= 0.6 is 0 Å². The third kappa shape index (κ3) is 2.36. The molecule has 2 heterocycles. The van der Waals surface area contributed by atoms with Crippen LogP contribution < -0.4 is 5.32 Å². The summed E-state index contributed by atoms with van der Waals surface area (Å²) in [6.45, 7) is 3.18. The number of carbonyl (C=O) groups excluding carboxylic acids is 2. The SMILES string of the molecule is CNC(=O)[C@@H]1CCN(C(=O)c2cc3cc(C)ccc3n2C)C1. The Morgan fingerprint density at radius 3 is 2.77 bits per heavy atom. The molecule has 1 aliphatic rings. The Morgan fingerprint density at radius 1 is 1.27 bits per heavy atom. The molecule has 0 radical (unpaired) electrons. The fourth-order valence-corrected chi connectivity index (χ4v) is 3.20. The zero-order valence-corrected chi connectivity index (χ0v) is 13.2. The maximum Gasteiger partial charge on any atom is 0.270 e. The van der Waals surface area contributed by atoms with E-state index in [2.05, 4.69) is 11.4 Å². The van der Waals surface area contributed by atoms with E-state index in [0.29, 0.717) is 18.8 Å². The standard InChI is InChI=1S/C17H21N3O2/c1-11-4-5-14-13(8-11)9-15(19(14)3)17(22)20-7-6-12(10-20)16(21)18-2/h4-5,8-9,12H,6-7,10H2,1-3H3,(H,18,21)/t12-/m1/s1. The van der Waals surface area contributed by atoms with Gasteiger partial charge in [-0.1, -0.05) is 11.6 Å². The molecule has 22 heavy (non-hydrogen) atoms. The Balaban J connectivity index is 1.87. The first-order chi connectivity index (χ1) is 10.5. The van der Waals surface area contributed by atoms with Crippen LogP contribution in [0.5, 0.6) is 0 Å². The predicted octanol–water partition coefficient (Wildman–Crippen LogP) is 1.69. The van der Waals surface area contributed by atoms with Crippen LogP contribution in [0.2, 0.25) is 0 Å². The summed E-state index contributed by atoms with van der Waals surface area (Å²) in [7, 11) is 3.55. The minimum atomic E-state index is -0.0918. The molecular formula is C17H21N3O2. The van der Waals surface area contributed by atoms with Gasteiger partial charge >= 0.3 is 0 Å². The quantitative estimate of drug-likeness (QED) is 0.917. The van der Waals surface area contributed by atoms with Crippen LogP contribution in [-0.4, -0.2) is 41.4 Å². The van der Waals surface area contributed by atoms with Crippen molar-refractivity contribution in [1.29, 1.82) is 0 Å². The number of hydrogen-bond donors (Lipinski definition) is 1. The highest BCUT2D eigenvalue weighted by molar-refractivity contribution is 5.99. The van der Waals surface area contributed by atoms with E-state index >= 15 is 0 Å². The van der Waals surface area contributed by atoms with Crippen LogP contribution in [0, 0.1) is 12.8 Å². The molecule has 1 saturated heterocycles. The van der Waals surface area contributed by atoms with Crippen LogP contribution in [0.25, 0.3) is 10.9 Å². The van der Waals surface area contributed by atoms with Crippen LogP contribution in [0.3, 0.4) is 0 Å². The monoisotopic (exact) mass is 299 g/mol. The van der Waals surface area contributed by atoms with Gasteiger partial charge in [-0.3, -0.25) is 9.59 Å². The van der Waals surface area contributed by atoms with E-state index in [0.717, 1.165) is 17.3 Å². The number of aryl methyl sites for hydroxylation is 2. The van der Waals surface area contributed by atoms with Crippen molar-refractivity contribution in [3.8, 4) is 0 Å². The lowest BCUT2D eigenvalue weighted by molar-refractivity contribution is -0.124. The van der Waals surface area contributed by atoms with E-state index in [-0.39, 0.29) is 17.7 Å². The van der Waals surface area contributed by atoms with Crippen LogP contribution in [0.4, 0.5) is 0 Å². The van der Waals surface area contributed by atoms with Gasteiger partial charge in [0.25, 0.3) is 5.91 Å². The summed E-state index contributed by atoms with van der Waals surface area (Å²) >= 11 is 0. The molecule has 2 aromatic rings. The van der Waals surface area contributed by atoms with Crippen molar-refractivity contribution in [3.05, 3.63) is 35.5 Å². The number of fused-ring (bicyclic) bond motifs is 1. The molecule has 0 spiro atoms. The van der Waals surface area contributed by atoms with Gasteiger partial charge < -0.3 is 14.8 Å². The molecule has 3 rings (SSSR count). The molecule has 1 aliphatic heterocycles. The predicted molar refractivity (Wildman–Crippen MR) is 85.7 cm³/mol. The number of hydrogen-bond acceptors (Lipinski definition) is 2. The molecule has 5 nitrogen and oxygen atoms in total. The van der Waals surface area contributed by atoms with Crippen molar-refractivity contribution in [3.63, 3.8) is 0 Å². The van der Waals surface area contributed by atoms with E-state index in [1.165, 1.54) is 5.56 Å². The maximum atomic E-state index is 12.8. The molecule has 0 aliphatic carbocycles. The van der Waals surface area contributed by atoms with E-state index < -0.39 is 0 Å². The molecule has 1 atom stereocenters. The summed E-state index contributed by atoms with van der Waals surface area (Å²) in [5, 5.41) is 3.74. The minimum Gasteiger partial charge on any atom is -0.359 e. The van der Waals surface area contributed by atoms with Gasteiger partial charge in [-0.2, -0.15) is 0 Å². The van der Waals surface area contributed by atoms with Gasteiger partial charge in [-0.15, -0.1) is 0 Å². The largest absolute Gasteiger partial charge is 0.359 e. The van der Waals surface area contributed by atoms with Crippen molar-refractivity contribution in [2.24, 2.45) is 13.0 Å². The normalized spacial score (nSPS) is 18.0. The Labute approximate surface area is 129 Å². The molecule has 0 saturated carbocycles. The topological polar surface area (TPSA) is 54.3 Å². The van der Waals surface area contributed by atoms with Gasteiger partial charge in [0.05, 0.1) is 5.92 Å². The molecule has 1 aromatic heterocycles. The molecule has 5 heteroatoms. The summed E-state index contributed by atoms with van der Waals surface area (Å²) in [4.78, 5) is 26.2. The maximum absolute atomic E-state index is 12.8. The summed E-state index contributed by atoms with van der Waals surface area (Å²) in [6, 6.07) is 8.12. The first kappa shape index (κ1) is 14.6. The average Bonchev–Trinajstić information content (AvgIpc) is 3.11. The number of rotatable bonds is 2. The molecule has 1 aromatic carbocycles. The second kappa shape index (κ2) is 5.48. The zero-order chi connectivity index (χ0) is 15.9. The van der Waals surface area contributed by atoms with Crippen LogP contribution in [-0.2, 0) is 11.8 Å². The first-order valence-corrected chi connectivity index (χ1v) is 7.58. The lowest BCUT2D eigenvalue weighted by Crippen LogP contribution is -2.33. The molecular weight excluding hydrogens is 278 g/mol. The second-order valence-electron chi connectivity index (χ2n) is 6.00. The number of benzene rings is 1. The van der Waals surface area contributed by atoms with Gasteiger partial charge in [-0.05, 0) is 31.5 Å². The lowest BCUT2D eigenvalue weighted by atomic mass is 10.1. The second-order valence-corrected chi connectivity index (χ2v) is 6.00. The van der Waals surface area contributed by atoms with Gasteiger partial charge in [-0.25, -0.2) is 0 Å². The molecule has 1 fully saturated rings. The van der Waals surface area contributed by atoms with Crippen molar-refractivity contribution in [2.75, 3.05) is 20.1 Å². The van der Waals surface area contributed by atoms with Crippen LogP contribution in [0.15, 0.2) is 24.3 Å². The fourth-order valence-electron chi connectivity index (χ4n) is 3.20. The Morgan fingerprint density at radius 2 is 2.05 bits per heavy atom. The van der Waals surface area contributed by atoms with Crippen molar-refractivity contribution < 1.29 is 9.59 Å². The minimum absolute atomic E-state index is 0.00255. The number of amides is 2. The van der Waals surface area contributed by atoms with E-state index in [1.54, 1.807) is 11.9 Å². The summed E-state index contributed by atoms with van der Waals surface area (Å²) in [5.41, 5.74) is 2.91. The molecule has 1 N–H and O–H groups in total. The first-order valence-electron chi connectivity index (χ1n) is 7.58. The Bertz CT molecular complexity index is 748. The van der Waals surface area contributed by atoms with Gasteiger partial charge in [0.15, 0.2) is 0 Å². The van der Waals surface area contributed by atoms with Gasteiger partial charge in [0.1, 0.15) is 5.69 Å². The van der Waals surface area contributed by atoms with Crippen LogP contribution in [0.1, 0.15) is 22.5 Å². The highest BCUT2D eigenvalue weighted by atomic mass is 16.2. The summed E-state index contributed by atoms with van der Waals surface area (Å²) in [5.74, 6) is -0.0726. The molecule has 116 valence electrons. The number of aromatic nitrogens is 1. The average molecular weight is 299 g/mol. The fraction of sp³-hybridized carbons (Fsp3) is 0.412. The van der Waals surface area contributed by atoms with Crippen molar-refractivity contribution in [1.82, 2.24) is 14.8 Å². The highest BCUT2D eigenvalue weighted by Crippen LogP contribution is 2.24. The zero-order valence-electron chi connectivity index (χ0n) is 13.2.